The smallest absolute Gasteiger partial charge is 0.236 e. The van der Waals surface area contributed by atoms with E-state index in [1.54, 1.807) is 12.1 Å². The first-order valence-electron chi connectivity index (χ1n) is 9.98. The summed E-state index contributed by atoms with van der Waals surface area (Å²) in [5.41, 5.74) is 3.71. The molecule has 150 valence electrons. The van der Waals surface area contributed by atoms with Gasteiger partial charge in [0.2, 0.25) is 5.91 Å². The van der Waals surface area contributed by atoms with E-state index in [2.05, 4.69) is 36.1 Å². The van der Waals surface area contributed by atoms with Crippen LogP contribution in [0.5, 0.6) is 0 Å². The van der Waals surface area contributed by atoms with Crippen molar-refractivity contribution in [2.45, 2.75) is 19.9 Å². The molecule has 2 aromatic rings. The number of carbonyl (C=O) groups excluding carboxylic acids is 1. The highest BCUT2D eigenvalue weighted by atomic mass is 19.1. The van der Waals surface area contributed by atoms with Gasteiger partial charge in [-0.2, -0.15) is 0 Å². The van der Waals surface area contributed by atoms with E-state index in [0.29, 0.717) is 6.54 Å². The minimum absolute atomic E-state index is 0.191. The van der Waals surface area contributed by atoms with Crippen LogP contribution in [0.1, 0.15) is 16.7 Å². The Labute approximate surface area is 167 Å². The second-order valence-electron chi connectivity index (χ2n) is 7.76. The van der Waals surface area contributed by atoms with Crippen molar-refractivity contribution in [1.82, 2.24) is 14.7 Å². The van der Waals surface area contributed by atoms with Crippen molar-refractivity contribution in [1.29, 1.82) is 0 Å². The molecule has 28 heavy (non-hydrogen) atoms. The Balaban J connectivity index is 1.38. The van der Waals surface area contributed by atoms with Gasteiger partial charge in [0.05, 0.1) is 6.54 Å². The number of benzene rings is 2. The summed E-state index contributed by atoms with van der Waals surface area (Å²) in [4.78, 5) is 19.0. The van der Waals surface area contributed by atoms with Crippen LogP contribution >= 0.6 is 0 Å². The molecule has 4 nitrogen and oxygen atoms in total. The van der Waals surface area contributed by atoms with E-state index in [-0.39, 0.29) is 11.7 Å². The molecular formula is C23H30FN3O. The summed E-state index contributed by atoms with van der Waals surface area (Å²) in [6, 6.07) is 15.2. The average Bonchev–Trinajstić information content (AvgIpc) is 2.68. The van der Waals surface area contributed by atoms with Crippen LogP contribution < -0.4 is 0 Å². The summed E-state index contributed by atoms with van der Waals surface area (Å²) in [6.07, 6.45) is 0.814. The molecule has 0 aliphatic carbocycles. The quantitative estimate of drug-likeness (QED) is 0.736. The van der Waals surface area contributed by atoms with Crippen molar-refractivity contribution in [3.05, 3.63) is 71.0 Å². The molecule has 1 fully saturated rings. The van der Waals surface area contributed by atoms with Gasteiger partial charge in [0.25, 0.3) is 0 Å². The van der Waals surface area contributed by atoms with Gasteiger partial charge in [-0.05, 0) is 43.7 Å². The molecule has 2 aromatic carbocycles. The lowest BCUT2D eigenvalue weighted by molar-refractivity contribution is -0.133. The maximum atomic E-state index is 13.0. The van der Waals surface area contributed by atoms with Gasteiger partial charge in [0, 0.05) is 39.3 Å². The number of amides is 1. The number of aryl methyl sites for hydroxylation is 1. The molecule has 0 unspecified atom stereocenters. The molecule has 0 saturated carbocycles. The number of hydrogen-bond acceptors (Lipinski definition) is 3. The van der Waals surface area contributed by atoms with Crippen LogP contribution in [0.15, 0.2) is 48.5 Å². The minimum atomic E-state index is -0.214. The van der Waals surface area contributed by atoms with Gasteiger partial charge in [-0.25, -0.2) is 4.39 Å². The van der Waals surface area contributed by atoms with Crippen LogP contribution in [0.4, 0.5) is 4.39 Å². The molecule has 1 heterocycles. The molecule has 3 rings (SSSR count). The fraction of sp³-hybridized carbons (Fsp3) is 0.435. The number of hydrogen-bond donors (Lipinski definition) is 0. The van der Waals surface area contributed by atoms with Crippen LogP contribution in [-0.2, 0) is 17.8 Å². The maximum Gasteiger partial charge on any atom is 0.236 e. The molecule has 0 radical (unpaired) electrons. The summed E-state index contributed by atoms with van der Waals surface area (Å²) >= 11 is 0. The van der Waals surface area contributed by atoms with E-state index >= 15 is 0 Å². The zero-order chi connectivity index (χ0) is 19.9. The van der Waals surface area contributed by atoms with E-state index in [9.17, 15) is 9.18 Å². The number of carbonyl (C=O) groups is 1. The summed E-state index contributed by atoms with van der Waals surface area (Å²) < 4.78 is 13.0. The van der Waals surface area contributed by atoms with Crippen molar-refractivity contribution in [2.75, 3.05) is 46.3 Å². The maximum absolute atomic E-state index is 13.0. The van der Waals surface area contributed by atoms with Gasteiger partial charge in [-0.3, -0.25) is 14.6 Å². The van der Waals surface area contributed by atoms with E-state index in [0.717, 1.165) is 51.3 Å². The predicted molar refractivity (Wildman–Crippen MR) is 111 cm³/mol. The third-order valence-corrected chi connectivity index (χ3v) is 5.31. The Kier molecular flexibility index (Phi) is 7.18. The summed E-state index contributed by atoms with van der Waals surface area (Å²) in [5, 5.41) is 0. The lowest BCUT2D eigenvalue weighted by atomic mass is 10.1. The first-order valence-corrected chi connectivity index (χ1v) is 9.98. The average molecular weight is 384 g/mol. The SMILES string of the molecule is Cc1cccc(CN2CCN(C(=O)CN(C)CCc3ccc(F)cc3)CC2)c1. The summed E-state index contributed by atoms with van der Waals surface area (Å²) in [6.45, 7) is 7.68. The van der Waals surface area contributed by atoms with Gasteiger partial charge in [-0.1, -0.05) is 42.0 Å². The highest BCUT2D eigenvalue weighted by molar-refractivity contribution is 5.78. The van der Waals surface area contributed by atoms with E-state index in [1.165, 1.54) is 23.3 Å². The Morgan fingerprint density at radius 1 is 1.04 bits per heavy atom. The first kappa shape index (κ1) is 20.5. The summed E-state index contributed by atoms with van der Waals surface area (Å²) in [5.74, 6) is -0.0226. The Hall–Kier alpha value is -2.24. The second kappa shape index (κ2) is 9.80. The van der Waals surface area contributed by atoms with Gasteiger partial charge in [0.1, 0.15) is 5.82 Å². The highest BCUT2D eigenvalue weighted by Gasteiger charge is 2.21. The minimum Gasteiger partial charge on any atom is -0.339 e. The van der Waals surface area contributed by atoms with Gasteiger partial charge in [-0.15, -0.1) is 0 Å². The van der Waals surface area contributed by atoms with E-state index in [1.807, 2.05) is 16.8 Å². The van der Waals surface area contributed by atoms with Crippen molar-refractivity contribution in [3.8, 4) is 0 Å². The molecular weight excluding hydrogens is 353 g/mol. The molecule has 0 N–H and O–H groups in total. The monoisotopic (exact) mass is 383 g/mol. The van der Waals surface area contributed by atoms with Crippen LogP contribution in [0.2, 0.25) is 0 Å². The van der Waals surface area contributed by atoms with Crippen molar-refractivity contribution in [3.63, 3.8) is 0 Å². The first-order chi connectivity index (χ1) is 13.5. The number of rotatable bonds is 7. The fourth-order valence-corrected chi connectivity index (χ4v) is 3.61. The van der Waals surface area contributed by atoms with Gasteiger partial charge >= 0.3 is 0 Å². The topological polar surface area (TPSA) is 26.8 Å². The summed E-state index contributed by atoms with van der Waals surface area (Å²) in [7, 11) is 1.97. The number of piperazine rings is 1. The Morgan fingerprint density at radius 2 is 1.75 bits per heavy atom. The van der Waals surface area contributed by atoms with Crippen LogP contribution in [0.3, 0.4) is 0 Å². The lowest BCUT2D eigenvalue weighted by Crippen LogP contribution is -2.50. The van der Waals surface area contributed by atoms with Crippen molar-refractivity contribution < 1.29 is 9.18 Å². The van der Waals surface area contributed by atoms with Gasteiger partial charge in [0.15, 0.2) is 0 Å². The molecule has 0 aromatic heterocycles. The third kappa shape index (κ3) is 6.14. The number of likely N-dealkylation sites (N-methyl/N-ethyl adjacent to an activating group) is 1. The Morgan fingerprint density at radius 3 is 2.43 bits per heavy atom. The lowest BCUT2D eigenvalue weighted by Gasteiger charge is -2.35. The standard InChI is InChI=1S/C23H30FN3O/c1-19-4-3-5-21(16-19)17-26-12-14-27(15-13-26)23(28)18-25(2)11-10-20-6-8-22(24)9-7-20/h3-9,16H,10-15,17-18H2,1-2H3. The number of nitrogens with zero attached hydrogens (tertiary/aromatic N) is 3. The van der Waals surface area contributed by atoms with E-state index in [4.69, 9.17) is 0 Å². The molecule has 1 aliphatic heterocycles. The van der Waals surface area contributed by atoms with Gasteiger partial charge < -0.3 is 4.90 Å². The van der Waals surface area contributed by atoms with Crippen LogP contribution in [-0.4, -0.2) is 66.9 Å². The fourth-order valence-electron chi connectivity index (χ4n) is 3.61. The Bertz CT molecular complexity index is 770. The zero-order valence-electron chi connectivity index (χ0n) is 16.9. The second-order valence-corrected chi connectivity index (χ2v) is 7.76. The van der Waals surface area contributed by atoms with Crippen LogP contribution in [0.25, 0.3) is 0 Å². The predicted octanol–water partition coefficient (Wildman–Crippen LogP) is 2.95. The molecule has 1 amide bonds. The molecule has 0 spiro atoms. The van der Waals surface area contributed by atoms with Crippen LogP contribution in [0, 0.1) is 12.7 Å². The third-order valence-electron chi connectivity index (χ3n) is 5.31. The number of halogens is 1. The normalized spacial score (nSPS) is 15.2. The van der Waals surface area contributed by atoms with Crippen molar-refractivity contribution in [2.24, 2.45) is 0 Å². The molecule has 5 heteroatoms. The van der Waals surface area contributed by atoms with Crippen molar-refractivity contribution >= 4 is 5.91 Å². The molecule has 0 atom stereocenters. The largest absolute Gasteiger partial charge is 0.339 e. The van der Waals surface area contributed by atoms with E-state index < -0.39 is 0 Å². The molecule has 0 bridgehead atoms. The molecule has 1 aliphatic rings. The highest BCUT2D eigenvalue weighted by Crippen LogP contribution is 2.11. The zero-order valence-corrected chi connectivity index (χ0v) is 16.9. The molecule has 1 saturated heterocycles.